The lowest BCUT2D eigenvalue weighted by molar-refractivity contribution is -0.173. The number of esters is 1. The summed E-state index contributed by atoms with van der Waals surface area (Å²) in [6.45, 7) is 1.43. The average Bonchev–Trinajstić information content (AvgIpc) is 2.19. The number of carbonyl (C=O) groups excluding carboxylic acids is 1. The number of hydrogen-bond acceptors (Lipinski definition) is 3. The molecule has 0 radical (unpaired) electrons. The Balaban J connectivity index is 2.68. The number of allylic oxidation sites excluding steroid dienone is 2. The lowest BCUT2D eigenvalue weighted by atomic mass is 10.1. The Hall–Kier alpha value is -1.39. The van der Waals surface area contributed by atoms with Crippen LogP contribution in [0.2, 0.25) is 0 Å². The van der Waals surface area contributed by atoms with Crippen molar-refractivity contribution in [1.29, 1.82) is 0 Å². The zero-order valence-corrected chi connectivity index (χ0v) is 7.67. The van der Waals surface area contributed by atoms with Gasteiger partial charge in [0.15, 0.2) is 0 Å². The highest BCUT2D eigenvalue weighted by Crippen LogP contribution is 2.22. The molecule has 0 aromatic heterocycles. The standard InChI is InChI=1S/C9H11F2NO2/c1-2-14-8(13)9(10,11)7-5-3-4-6-12-7/h3-7,12H,2H2,1H3. The van der Waals surface area contributed by atoms with Crippen LogP contribution in [0.4, 0.5) is 8.78 Å². The second kappa shape index (κ2) is 4.21. The highest BCUT2D eigenvalue weighted by atomic mass is 19.3. The van der Waals surface area contributed by atoms with E-state index < -0.39 is 17.9 Å². The lowest BCUT2D eigenvalue weighted by Gasteiger charge is -2.23. The second-order valence-electron chi connectivity index (χ2n) is 2.73. The molecule has 0 amide bonds. The van der Waals surface area contributed by atoms with Crippen LogP contribution < -0.4 is 5.32 Å². The van der Waals surface area contributed by atoms with Crippen LogP contribution in [0.1, 0.15) is 6.92 Å². The number of carbonyl (C=O) groups is 1. The third kappa shape index (κ3) is 2.10. The molecule has 1 rings (SSSR count). The largest absolute Gasteiger partial charge is 0.461 e. The molecular formula is C9H11F2NO2. The van der Waals surface area contributed by atoms with E-state index in [1.165, 1.54) is 25.3 Å². The van der Waals surface area contributed by atoms with Crippen molar-refractivity contribution >= 4 is 5.97 Å². The number of ether oxygens (including phenoxy) is 1. The van der Waals surface area contributed by atoms with Gasteiger partial charge in [0.2, 0.25) is 0 Å². The summed E-state index contributed by atoms with van der Waals surface area (Å²) in [4.78, 5) is 10.9. The number of dihydropyridines is 1. The van der Waals surface area contributed by atoms with Crippen LogP contribution in [0, 0.1) is 0 Å². The minimum atomic E-state index is -3.53. The fraction of sp³-hybridized carbons (Fsp3) is 0.444. The van der Waals surface area contributed by atoms with Gasteiger partial charge in [-0.3, -0.25) is 0 Å². The Morgan fingerprint density at radius 3 is 2.79 bits per heavy atom. The smallest absolute Gasteiger partial charge is 0.379 e. The van der Waals surface area contributed by atoms with Gasteiger partial charge in [0, 0.05) is 0 Å². The molecule has 78 valence electrons. The van der Waals surface area contributed by atoms with Gasteiger partial charge in [0.05, 0.1) is 6.61 Å². The summed E-state index contributed by atoms with van der Waals surface area (Å²) in [6.07, 6.45) is 5.60. The molecule has 1 N–H and O–H groups in total. The van der Waals surface area contributed by atoms with E-state index >= 15 is 0 Å². The predicted molar refractivity (Wildman–Crippen MR) is 46.8 cm³/mol. The first kappa shape index (κ1) is 10.7. The maximum absolute atomic E-state index is 13.3. The molecule has 0 aromatic carbocycles. The molecule has 1 heterocycles. The maximum Gasteiger partial charge on any atom is 0.379 e. The fourth-order valence-electron chi connectivity index (χ4n) is 1.03. The van der Waals surface area contributed by atoms with E-state index in [0.717, 1.165) is 0 Å². The Bertz CT molecular complexity index is 274. The van der Waals surface area contributed by atoms with Crippen molar-refractivity contribution in [2.45, 2.75) is 18.9 Å². The van der Waals surface area contributed by atoms with Gasteiger partial charge in [-0.15, -0.1) is 0 Å². The summed E-state index contributed by atoms with van der Waals surface area (Å²) in [5.41, 5.74) is 0. The molecule has 1 aliphatic heterocycles. The minimum absolute atomic E-state index is 0.0549. The van der Waals surface area contributed by atoms with Crippen LogP contribution in [-0.2, 0) is 9.53 Å². The zero-order valence-electron chi connectivity index (χ0n) is 7.67. The summed E-state index contributed by atoms with van der Waals surface area (Å²) in [5.74, 6) is -5.03. The van der Waals surface area contributed by atoms with E-state index in [9.17, 15) is 13.6 Å². The molecule has 1 atom stereocenters. The number of hydrogen-bond donors (Lipinski definition) is 1. The van der Waals surface area contributed by atoms with Gasteiger partial charge in [-0.2, -0.15) is 8.78 Å². The normalized spacial score (nSPS) is 20.4. The summed E-state index contributed by atoms with van der Waals surface area (Å²) in [6, 6.07) is -1.33. The highest BCUT2D eigenvalue weighted by molar-refractivity contribution is 5.79. The Morgan fingerprint density at radius 2 is 2.29 bits per heavy atom. The lowest BCUT2D eigenvalue weighted by Crippen LogP contribution is -2.48. The molecule has 1 aliphatic rings. The van der Waals surface area contributed by atoms with E-state index in [1.807, 2.05) is 0 Å². The van der Waals surface area contributed by atoms with E-state index in [0.29, 0.717) is 0 Å². The van der Waals surface area contributed by atoms with Gasteiger partial charge in [0.1, 0.15) is 6.04 Å². The summed E-state index contributed by atoms with van der Waals surface area (Å²) in [7, 11) is 0. The van der Waals surface area contributed by atoms with Crippen LogP contribution in [0.25, 0.3) is 0 Å². The predicted octanol–water partition coefficient (Wildman–Crippen LogP) is 1.23. The topological polar surface area (TPSA) is 38.3 Å². The zero-order chi connectivity index (χ0) is 10.6. The summed E-state index contributed by atoms with van der Waals surface area (Å²) in [5, 5.41) is 2.38. The average molecular weight is 203 g/mol. The monoisotopic (exact) mass is 203 g/mol. The van der Waals surface area contributed by atoms with Crippen molar-refractivity contribution in [3.05, 3.63) is 24.4 Å². The van der Waals surface area contributed by atoms with Gasteiger partial charge in [-0.05, 0) is 19.2 Å². The Labute approximate surface area is 80.4 Å². The van der Waals surface area contributed by atoms with Gasteiger partial charge in [-0.25, -0.2) is 4.79 Å². The first-order chi connectivity index (χ1) is 6.59. The molecule has 0 fully saturated rings. The number of nitrogens with one attached hydrogen (secondary N) is 1. The third-order valence-corrected chi connectivity index (χ3v) is 1.72. The first-order valence-electron chi connectivity index (χ1n) is 4.23. The van der Waals surface area contributed by atoms with Gasteiger partial charge in [-0.1, -0.05) is 12.2 Å². The number of rotatable bonds is 3. The molecule has 1 unspecified atom stereocenters. The molecule has 0 aliphatic carbocycles. The quantitative estimate of drug-likeness (QED) is 0.701. The van der Waals surface area contributed by atoms with E-state index in [4.69, 9.17) is 0 Å². The van der Waals surface area contributed by atoms with Gasteiger partial charge >= 0.3 is 11.9 Å². The van der Waals surface area contributed by atoms with E-state index in [2.05, 4.69) is 10.1 Å². The van der Waals surface area contributed by atoms with Crippen molar-refractivity contribution in [1.82, 2.24) is 5.32 Å². The molecule has 0 saturated carbocycles. The molecule has 0 saturated heterocycles. The van der Waals surface area contributed by atoms with Crippen LogP contribution in [-0.4, -0.2) is 24.5 Å². The summed E-state index contributed by atoms with van der Waals surface area (Å²) < 4.78 is 30.8. The first-order valence-corrected chi connectivity index (χ1v) is 4.23. The van der Waals surface area contributed by atoms with E-state index in [-0.39, 0.29) is 6.61 Å². The second-order valence-corrected chi connectivity index (χ2v) is 2.73. The molecule has 5 heteroatoms. The number of alkyl halides is 2. The molecule has 0 bridgehead atoms. The van der Waals surface area contributed by atoms with Crippen molar-refractivity contribution in [3.63, 3.8) is 0 Å². The molecule has 0 spiro atoms. The van der Waals surface area contributed by atoms with Crippen molar-refractivity contribution in [2.75, 3.05) is 6.61 Å². The van der Waals surface area contributed by atoms with Crippen molar-refractivity contribution in [3.8, 4) is 0 Å². The highest BCUT2D eigenvalue weighted by Gasteiger charge is 2.47. The molecule has 0 aromatic rings. The van der Waals surface area contributed by atoms with Gasteiger partial charge < -0.3 is 10.1 Å². The number of halogens is 2. The van der Waals surface area contributed by atoms with Crippen LogP contribution in [0.3, 0.4) is 0 Å². The van der Waals surface area contributed by atoms with Crippen molar-refractivity contribution in [2.24, 2.45) is 0 Å². The Kier molecular flexibility index (Phi) is 3.22. The minimum Gasteiger partial charge on any atom is -0.461 e. The summed E-state index contributed by atoms with van der Waals surface area (Å²) >= 11 is 0. The molecular weight excluding hydrogens is 192 g/mol. The maximum atomic E-state index is 13.3. The van der Waals surface area contributed by atoms with Crippen LogP contribution in [0.15, 0.2) is 24.4 Å². The Morgan fingerprint density at radius 1 is 1.57 bits per heavy atom. The van der Waals surface area contributed by atoms with E-state index in [1.54, 1.807) is 6.08 Å². The third-order valence-electron chi connectivity index (χ3n) is 1.72. The SMILES string of the molecule is CCOC(=O)C(F)(F)C1C=CC=CN1. The van der Waals surface area contributed by atoms with Crippen molar-refractivity contribution < 1.29 is 18.3 Å². The fourth-order valence-corrected chi connectivity index (χ4v) is 1.03. The van der Waals surface area contributed by atoms with Gasteiger partial charge in [0.25, 0.3) is 0 Å². The van der Waals surface area contributed by atoms with Crippen LogP contribution >= 0.6 is 0 Å². The van der Waals surface area contributed by atoms with Crippen LogP contribution in [0.5, 0.6) is 0 Å². The molecule has 3 nitrogen and oxygen atoms in total. The molecule has 14 heavy (non-hydrogen) atoms.